The Morgan fingerprint density at radius 1 is 0.324 bits per heavy atom. The molecule has 0 aliphatic carbocycles. The Bertz CT molecular complexity index is 2520. The van der Waals surface area contributed by atoms with E-state index in [1.165, 1.54) is 11.3 Å². The van der Waals surface area contributed by atoms with Crippen LogP contribution in [-0.4, -0.2) is 37.9 Å². The van der Waals surface area contributed by atoms with Gasteiger partial charge in [-0.3, -0.25) is 0 Å². The zero-order valence-corrected chi connectivity index (χ0v) is 38.4. The minimum atomic E-state index is -4.32. The first-order valence-corrected chi connectivity index (χ1v) is 23.3. The van der Waals surface area contributed by atoms with Gasteiger partial charge in [-0.1, -0.05) is 72.8 Å². The number of benzene rings is 6. The first-order chi connectivity index (χ1) is 33.6. The number of thiophene rings is 1. The minimum Gasteiger partial charge on any atom is -0.485 e. The molecule has 0 spiro atoms. The van der Waals surface area contributed by atoms with E-state index in [1.54, 1.807) is 97.1 Å². The standard InChI is InChI=1S/C54H44F12N2O2S/c55-51(56,57)29-25-35-1-13-41(14-2-35)67(42-15-3-36(4-16-42)26-30-52(58,59)60)45-21-9-39(10-22-45)49-47-48(70-34-33-69-47)50(71-49)40-11-23-46(24-12-40)68(43-17-5-37(6-18-43)27-31-53(61,62)63)44-19-7-38(8-20-44)28-32-54(64,65)66/h1-24H,25-34H2. The molecule has 4 nitrogen and oxygen atoms in total. The van der Waals surface area contributed by atoms with Gasteiger partial charge >= 0.3 is 24.7 Å². The van der Waals surface area contributed by atoms with Crippen LogP contribution >= 0.6 is 11.3 Å². The predicted octanol–water partition coefficient (Wildman–Crippen LogP) is 17.8. The van der Waals surface area contributed by atoms with E-state index in [1.807, 2.05) is 58.3 Å². The van der Waals surface area contributed by atoms with Crippen molar-refractivity contribution in [3.05, 3.63) is 168 Å². The van der Waals surface area contributed by atoms with E-state index in [2.05, 4.69) is 0 Å². The summed E-state index contributed by atoms with van der Waals surface area (Å²) in [6.07, 6.45) is -22.0. The van der Waals surface area contributed by atoms with Gasteiger partial charge in [-0.05, 0) is 132 Å². The highest BCUT2D eigenvalue weighted by molar-refractivity contribution is 7.19. The largest absolute Gasteiger partial charge is 0.485 e. The van der Waals surface area contributed by atoms with Crippen LogP contribution < -0.4 is 19.3 Å². The average molecular weight is 1010 g/mol. The van der Waals surface area contributed by atoms with Gasteiger partial charge in [0.05, 0.1) is 9.75 Å². The first-order valence-electron chi connectivity index (χ1n) is 22.5. The first kappa shape index (κ1) is 50.8. The molecule has 17 heteroatoms. The highest BCUT2D eigenvalue weighted by Crippen LogP contribution is 2.54. The van der Waals surface area contributed by atoms with E-state index < -0.39 is 50.4 Å². The van der Waals surface area contributed by atoms with E-state index in [0.717, 1.165) is 20.9 Å². The summed E-state index contributed by atoms with van der Waals surface area (Å²) in [7, 11) is 0. The lowest BCUT2D eigenvalue weighted by molar-refractivity contribution is -0.134. The van der Waals surface area contributed by atoms with Crippen LogP contribution in [0.2, 0.25) is 0 Å². The molecule has 1 aromatic heterocycles. The molecule has 1 aliphatic rings. The van der Waals surface area contributed by atoms with Crippen molar-refractivity contribution in [1.29, 1.82) is 0 Å². The van der Waals surface area contributed by atoms with Crippen LogP contribution in [0, 0.1) is 0 Å². The SMILES string of the molecule is FC(F)(F)CCc1ccc(N(c2ccc(CCC(F)(F)F)cc2)c2ccc(-c3sc(-c4ccc(N(c5ccc(CCC(F)(F)F)cc5)c5ccc(CCC(F)(F)F)cc5)cc4)c4c3OCCO4)cc2)cc1. The Balaban J connectivity index is 1.09. The van der Waals surface area contributed by atoms with Gasteiger partial charge in [0.15, 0.2) is 11.5 Å². The third-order valence-corrected chi connectivity index (χ3v) is 13.0. The van der Waals surface area contributed by atoms with E-state index in [0.29, 0.717) is 67.9 Å². The summed E-state index contributed by atoms with van der Waals surface area (Å²) in [4.78, 5) is 5.24. The van der Waals surface area contributed by atoms with Crippen LogP contribution in [0.3, 0.4) is 0 Å². The molecule has 71 heavy (non-hydrogen) atoms. The van der Waals surface area contributed by atoms with E-state index in [-0.39, 0.29) is 38.9 Å². The lowest BCUT2D eigenvalue weighted by atomic mass is 10.1. The molecule has 0 unspecified atom stereocenters. The van der Waals surface area contributed by atoms with Crippen LogP contribution in [0.25, 0.3) is 20.9 Å². The van der Waals surface area contributed by atoms with Crippen molar-refractivity contribution in [2.75, 3.05) is 23.0 Å². The van der Waals surface area contributed by atoms with Crippen LogP contribution in [0.5, 0.6) is 11.5 Å². The Morgan fingerprint density at radius 2 is 0.535 bits per heavy atom. The second-order valence-corrected chi connectivity index (χ2v) is 18.0. The summed E-state index contributed by atoms with van der Waals surface area (Å²) >= 11 is 1.43. The number of alkyl halides is 12. The van der Waals surface area contributed by atoms with Gasteiger partial charge in [0.25, 0.3) is 0 Å². The molecule has 1 aliphatic heterocycles. The van der Waals surface area contributed by atoms with Gasteiger partial charge in [0, 0.05) is 59.8 Å². The molecule has 0 radical (unpaired) electrons. The average Bonchev–Trinajstić information content (AvgIpc) is 3.72. The molecule has 0 N–H and O–H groups in total. The highest BCUT2D eigenvalue weighted by atomic mass is 32.1. The summed E-state index contributed by atoms with van der Waals surface area (Å²) in [5, 5.41) is 0. The maximum absolute atomic E-state index is 13.0. The smallest absolute Gasteiger partial charge is 0.389 e. The van der Waals surface area contributed by atoms with Gasteiger partial charge in [0.2, 0.25) is 0 Å². The van der Waals surface area contributed by atoms with Gasteiger partial charge in [-0.25, -0.2) is 0 Å². The maximum Gasteiger partial charge on any atom is 0.389 e. The number of fused-ring (bicyclic) bond motifs is 1. The lowest BCUT2D eigenvalue weighted by Gasteiger charge is -2.26. The molecule has 7 aromatic rings. The van der Waals surface area contributed by atoms with Crippen LogP contribution in [0.4, 0.5) is 86.8 Å². The highest BCUT2D eigenvalue weighted by Gasteiger charge is 2.30. The van der Waals surface area contributed by atoms with Crippen molar-refractivity contribution in [2.45, 2.75) is 76.1 Å². The van der Waals surface area contributed by atoms with Gasteiger partial charge in [0.1, 0.15) is 13.2 Å². The van der Waals surface area contributed by atoms with Crippen molar-refractivity contribution in [1.82, 2.24) is 0 Å². The van der Waals surface area contributed by atoms with Crippen molar-refractivity contribution in [3.8, 4) is 32.4 Å². The van der Waals surface area contributed by atoms with Gasteiger partial charge in [-0.2, -0.15) is 52.7 Å². The Hall–Kier alpha value is -6.62. The van der Waals surface area contributed by atoms with Crippen LogP contribution in [0.1, 0.15) is 47.9 Å². The number of anilines is 6. The summed E-state index contributed by atoms with van der Waals surface area (Å²) in [5.74, 6) is 1.07. The molecular weight excluding hydrogens is 969 g/mol. The topological polar surface area (TPSA) is 24.9 Å². The van der Waals surface area contributed by atoms with Crippen molar-refractivity contribution in [2.24, 2.45) is 0 Å². The number of hydrogen-bond acceptors (Lipinski definition) is 5. The minimum absolute atomic E-state index is 0.199. The number of halogens is 12. The fourth-order valence-electron chi connectivity index (χ4n) is 8.14. The number of rotatable bonds is 16. The fourth-order valence-corrected chi connectivity index (χ4v) is 9.34. The van der Waals surface area contributed by atoms with Crippen LogP contribution in [-0.2, 0) is 25.7 Å². The quantitative estimate of drug-likeness (QED) is 0.0901. The Morgan fingerprint density at radius 3 is 0.746 bits per heavy atom. The molecule has 8 rings (SSSR count). The van der Waals surface area contributed by atoms with E-state index in [9.17, 15) is 52.7 Å². The monoisotopic (exact) mass is 1010 g/mol. The Labute approximate surface area is 405 Å². The fraction of sp³-hybridized carbons (Fsp3) is 0.259. The molecule has 0 bridgehead atoms. The van der Waals surface area contributed by atoms with E-state index in [4.69, 9.17) is 9.47 Å². The normalized spacial score (nSPS) is 13.1. The molecule has 0 amide bonds. The number of ether oxygens (including phenoxy) is 2. The summed E-state index contributed by atoms with van der Waals surface area (Å²) < 4.78 is 168. The predicted molar refractivity (Wildman–Crippen MR) is 253 cm³/mol. The second kappa shape index (κ2) is 21.0. The molecule has 0 saturated carbocycles. The molecule has 0 fully saturated rings. The van der Waals surface area contributed by atoms with Crippen LogP contribution in [0.15, 0.2) is 146 Å². The number of aryl methyl sites for hydroxylation is 4. The zero-order valence-electron chi connectivity index (χ0n) is 37.6. The van der Waals surface area contributed by atoms with Crippen molar-refractivity contribution in [3.63, 3.8) is 0 Å². The van der Waals surface area contributed by atoms with Gasteiger partial charge < -0.3 is 19.3 Å². The van der Waals surface area contributed by atoms with Crippen molar-refractivity contribution >= 4 is 45.5 Å². The molecule has 0 saturated heterocycles. The Kier molecular flexibility index (Phi) is 15.0. The second-order valence-electron chi connectivity index (χ2n) is 17.0. The molecule has 2 heterocycles. The summed E-state index contributed by atoms with van der Waals surface area (Å²) in [6.45, 7) is 0.579. The number of nitrogens with zero attached hydrogens (tertiary/aromatic N) is 2. The summed E-state index contributed by atoms with van der Waals surface area (Å²) in [5.41, 5.74) is 7.28. The molecule has 372 valence electrons. The molecule has 6 aromatic carbocycles. The lowest BCUT2D eigenvalue weighted by Crippen LogP contribution is -2.15. The third-order valence-electron chi connectivity index (χ3n) is 11.7. The molecule has 0 atom stereocenters. The third kappa shape index (κ3) is 13.6. The molecular formula is C54H44F12N2O2S. The summed E-state index contributed by atoms with van der Waals surface area (Å²) in [6, 6.07) is 41.5. The van der Waals surface area contributed by atoms with E-state index >= 15 is 0 Å². The zero-order chi connectivity index (χ0) is 50.6. The number of hydrogen-bond donors (Lipinski definition) is 0. The maximum atomic E-state index is 13.0. The van der Waals surface area contributed by atoms with Gasteiger partial charge in [-0.15, -0.1) is 11.3 Å². The van der Waals surface area contributed by atoms with Crippen molar-refractivity contribution < 1.29 is 62.2 Å².